The predicted molar refractivity (Wildman–Crippen MR) is 145 cm³/mol. The van der Waals surface area contributed by atoms with Crippen molar-refractivity contribution >= 4 is 56.7 Å². The van der Waals surface area contributed by atoms with E-state index in [0.29, 0.717) is 23.7 Å². The molecular formula is C28H19ClF3N3OS. The molecule has 1 heterocycles. The number of fused-ring (bicyclic) bond motifs is 3. The molecule has 0 saturated carbocycles. The van der Waals surface area contributed by atoms with Crippen LogP contribution in [0.4, 0.5) is 13.2 Å². The molecule has 9 heteroatoms. The van der Waals surface area contributed by atoms with E-state index in [0.717, 1.165) is 37.8 Å². The second-order valence-electron chi connectivity index (χ2n) is 8.35. The number of hydrogen-bond acceptors (Lipinski definition) is 4. The maximum Gasteiger partial charge on any atom is 0.573 e. The minimum atomic E-state index is -4.73. The van der Waals surface area contributed by atoms with Crippen LogP contribution < -0.4 is 4.74 Å². The summed E-state index contributed by atoms with van der Waals surface area (Å²) in [6.45, 7) is 0.425. The van der Waals surface area contributed by atoms with E-state index < -0.39 is 6.36 Å². The number of aliphatic imine (C=N–C) groups is 1. The Hall–Kier alpha value is -3.75. The fourth-order valence-electron chi connectivity index (χ4n) is 4.09. The van der Waals surface area contributed by atoms with Crippen LogP contribution in [-0.2, 0) is 6.42 Å². The number of alkyl halides is 3. The lowest BCUT2D eigenvalue weighted by Gasteiger charge is -2.10. The molecule has 4 nitrogen and oxygen atoms in total. The maximum atomic E-state index is 12.4. The number of hydrogen-bond donors (Lipinski definition) is 0. The van der Waals surface area contributed by atoms with Crippen molar-refractivity contribution in [1.29, 1.82) is 0 Å². The van der Waals surface area contributed by atoms with Crippen molar-refractivity contribution in [1.82, 2.24) is 9.55 Å². The smallest absolute Gasteiger partial charge is 0.406 e. The summed E-state index contributed by atoms with van der Waals surface area (Å²) in [6, 6.07) is 23.2. The van der Waals surface area contributed by atoms with E-state index in [9.17, 15) is 13.2 Å². The van der Waals surface area contributed by atoms with Crippen molar-refractivity contribution < 1.29 is 17.9 Å². The highest BCUT2D eigenvalue weighted by Gasteiger charge is 2.31. The van der Waals surface area contributed by atoms with E-state index in [2.05, 4.69) is 14.7 Å². The molecule has 0 fully saturated rings. The third kappa shape index (κ3) is 5.81. The lowest BCUT2D eigenvalue weighted by molar-refractivity contribution is -0.274. The standard InChI is InChI=1S/C28H19ClF3N3OS/c29-25-4-2-1-3-20(25)14-23(37)16-33-15-18-5-11-24-19(13-18)6-12-26-27(24)34-17-35(26)21-7-9-22(10-8-21)36-28(30,31)32/h1-13,15,17H,14,16H2. The van der Waals surface area contributed by atoms with Gasteiger partial charge in [0.25, 0.3) is 0 Å². The highest BCUT2D eigenvalue weighted by molar-refractivity contribution is 7.80. The van der Waals surface area contributed by atoms with Gasteiger partial charge in [0.2, 0.25) is 0 Å². The molecule has 0 spiro atoms. The molecule has 4 aromatic carbocycles. The molecule has 0 aliphatic rings. The minimum absolute atomic E-state index is 0.273. The molecule has 0 aliphatic carbocycles. The van der Waals surface area contributed by atoms with E-state index >= 15 is 0 Å². The Bertz CT molecular complexity index is 1630. The van der Waals surface area contributed by atoms with Crippen molar-refractivity contribution in [2.45, 2.75) is 12.8 Å². The zero-order chi connectivity index (χ0) is 26.0. The number of ether oxygens (including phenoxy) is 1. The lowest BCUT2D eigenvalue weighted by atomic mass is 10.1. The van der Waals surface area contributed by atoms with Gasteiger partial charge >= 0.3 is 6.36 Å². The van der Waals surface area contributed by atoms with Crippen molar-refractivity contribution in [2.75, 3.05) is 6.54 Å². The first kappa shape index (κ1) is 24.9. The number of rotatable bonds is 7. The Kier molecular flexibility index (Phi) is 6.95. The average molecular weight is 538 g/mol. The van der Waals surface area contributed by atoms with Gasteiger partial charge in [-0.2, -0.15) is 0 Å². The second kappa shape index (κ2) is 10.3. The normalized spacial score (nSPS) is 12.0. The fourth-order valence-corrected chi connectivity index (χ4v) is 4.52. The molecule has 1 aromatic heterocycles. The summed E-state index contributed by atoms with van der Waals surface area (Å²) in [5.74, 6) is -0.273. The van der Waals surface area contributed by atoms with Crippen LogP contribution in [0.2, 0.25) is 5.02 Å². The van der Waals surface area contributed by atoms with Crippen molar-refractivity contribution in [3.63, 3.8) is 0 Å². The summed E-state index contributed by atoms with van der Waals surface area (Å²) < 4.78 is 43.1. The van der Waals surface area contributed by atoms with E-state index in [4.69, 9.17) is 23.8 Å². The summed E-state index contributed by atoms with van der Waals surface area (Å²) in [5, 5.41) is 2.65. The Balaban J connectivity index is 1.32. The predicted octanol–water partition coefficient (Wildman–Crippen LogP) is 7.76. The third-order valence-corrected chi connectivity index (χ3v) is 6.40. The van der Waals surface area contributed by atoms with Crippen molar-refractivity contribution in [3.05, 3.63) is 101 Å². The lowest BCUT2D eigenvalue weighted by Crippen LogP contribution is -2.17. The maximum absolute atomic E-state index is 12.4. The summed E-state index contributed by atoms with van der Waals surface area (Å²) >= 11 is 11.7. The Morgan fingerprint density at radius 3 is 2.57 bits per heavy atom. The van der Waals surface area contributed by atoms with E-state index in [1.807, 2.05) is 59.2 Å². The first-order valence-electron chi connectivity index (χ1n) is 11.3. The van der Waals surface area contributed by atoms with Gasteiger partial charge in [-0.15, -0.1) is 13.2 Å². The molecule has 0 bridgehead atoms. The molecule has 0 aliphatic heterocycles. The molecule has 37 heavy (non-hydrogen) atoms. The molecular weight excluding hydrogens is 519 g/mol. The van der Waals surface area contributed by atoms with Crippen LogP contribution in [0.5, 0.6) is 5.75 Å². The van der Waals surface area contributed by atoms with Gasteiger partial charge in [0.1, 0.15) is 12.1 Å². The number of aromatic nitrogens is 2. The van der Waals surface area contributed by atoms with Crippen molar-refractivity contribution in [2.24, 2.45) is 4.99 Å². The number of imidazole rings is 1. The SMILES string of the molecule is FC(F)(F)Oc1ccc(-n2cnc3c4ccc(C=NCC(=S)Cc5ccccc5Cl)cc4ccc32)cc1. The highest BCUT2D eigenvalue weighted by atomic mass is 35.5. The number of benzene rings is 4. The summed E-state index contributed by atoms with van der Waals surface area (Å²) in [4.78, 5) is 9.86. The molecule has 0 radical (unpaired) electrons. The van der Waals surface area contributed by atoms with E-state index in [1.54, 1.807) is 24.7 Å². The molecule has 186 valence electrons. The van der Waals surface area contributed by atoms with Gasteiger partial charge < -0.3 is 4.74 Å². The van der Waals surface area contributed by atoms with Gasteiger partial charge in [0, 0.05) is 33.6 Å². The Labute approximate surface area is 221 Å². The zero-order valence-corrected chi connectivity index (χ0v) is 20.8. The summed E-state index contributed by atoms with van der Waals surface area (Å²) in [5.41, 5.74) is 4.23. The summed E-state index contributed by atoms with van der Waals surface area (Å²) in [7, 11) is 0. The number of thiocarbonyl (C=S) groups is 1. The van der Waals surface area contributed by atoms with Gasteiger partial charge in [0.15, 0.2) is 0 Å². The zero-order valence-electron chi connectivity index (χ0n) is 19.2. The van der Waals surface area contributed by atoms with Crippen molar-refractivity contribution in [3.8, 4) is 11.4 Å². The van der Waals surface area contributed by atoms with Crippen LogP contribution in [0, 0.1) is 0 Å². The largest absolute Gasteiger partial charge is 0.573 e. The molecule has 0 N–H and O–H groups in total. The first-order chi connectivity index (χ1) is 17.8. The van der Waals surface area contributed by atoms with Crippen LogP contribution in [0.25, 0.3) is 27.5 Å². The van der Waals surface area contributed by atoms with Gasteiger partial charge in [-0.3, -0.25) is 9.56 Å². The van der Waals surface area contributed by atoms with Crippen LogP contribution in [0.1, 0.15) is 11.1 Å². The van der Waals surface area contributed by atoms with E-state index in [-0.39, 0.29) is 5.75 Å². The molecule has 5 rings (SSSR count). The highest BCUT2D eigenvalue weighted by Crippen LogP contribution is 2.29. The minimum Gasteiger partial charge on any atom is -0.406 e. The number of halogens is 4. The van der Waals surface area contributed by atoms with E-state index in [1.165, 1.54) is 12.1 Å². The average Bonchev–Trinajstić information content (AvgIpc) is 3.29. The second-order valence-corrected chi connectivity index (χ2v) is 9.33. The molecule has 0 amide bonds. The Morgan fingerprint density at radius 2 is 1.81 bits per heavy atom. The van der Waals surface area contributed by atoms with Crippen LogP contribution in [0.3, 0.4) is 0 Å². The van der Waals surface area contributed by atoms with Gasteiger partial charge in [-0.25, -0.2) is 4.98 Å². The summed E-state index contributed by atoms with van der Waals surface area (Å²) in [6.07, 6.45) is -0.679. The monoisotopic (exact) mass is 537 g/mol. The molecule has 0 unspecified atom stereocenters. The molecule has 0 atom stereocenters. The molecule has 5 aromatic rings. The first-order valence-corrected chi connectivity index (χ1v) is 12.1. The van der Waals surface area contributed by atoms with Gasteiger partial charge in [-0.05, 0) is 59.0 Å². The quantitative estimate of drug-likeness (QED) is 0.157. The topological polar surface area (TPSA) is 39.4 Å². The van der Waals surface area contributed by atoms with Crippen LogP contribution >= 0.6 is 23.8 Å². The van der Waals surface area contributed by atoms with Crippen LogP contribution in [0.15, 0.2) is 90.2 Å². The van der Waals surface area contributed by atoms with Gasteiger partial charge in [0.05, 0.1) is 17.6 Å². The van der Waals surface area contributed by atoms with Gasteiger partial charge in [-0.1, -0.05) is 60.2 Å². The fraction of sp³-hybridized carbons (Fsp3) is 0.107. The Morgan fingerprint density at radius 1 is 1.03 bits per heavy atom. The third-order valence-electron chi connectivity index (χ3n) is 5.76. The molecule has 0 saturated heterocycles. The van der Waals surface area contributed by atoms with Crippen LogP contribution in [-0.4, -0.2) is 33.5 Å². The number of nitrogens with zero attached hydrogens (tertiary/aromatic N) is 3.